The molecule has 0 atom stereocenters. The predicted octanol–water partition coefficient (Wildman–Crippen LogP) is 1.19. The van der Waals surface area contributed by atoms with Gasteiger partial charge in [-0.2, -0.15) is 0 Å². The van der Waals surface area contributed by atoms with Crippen molar-refractivity contribution in [2.45, 2.75) is 6.54 Å². The quantitative estimate of drug-likeness (QED) is 0.649. The fourth-order valence-corrected chi connectivity index (χ4v) is 0.698. The summed E-state index contributed by atoms with van der Waals surface area (Å²) in [7, 11) is 0. The highest BCUT2D eigenvalue weighted by Crippen LogP contribution is 1.92. The van der Waals surface area contributed by atoms with E-state index in [-0.39, 0.29) is 6.54 Å². The first-order valence-electron chi connectivity index (χ1n) is 2.75. The molecular formula is C6H6ClNO2. The number of carbonyl (C=O) groups excluding carboxylic acids is 1. The number of nitrogens with zero attached hydrogens (tertiary/aromatic N) is 1. The largest absolute Gasteiger partial charge is 0.346 e. The van der Waals surface area contributed by atoms with E-state index in [0.29, 0.717) is 0 Å². The van der Waals surface area contributed by atoms with Gasteiger partial charge in [0.15, 0.2) is 0 Å². The highest BCUT2D eigenvalue weighted by Gasteiger charge is 1.99. The molecule has 0 bridgehead atoms. The average molecular weight is 160 g/mol. The molecule has 0 radical (unpaired) electrons. The van der Waals surface area contributed by atoms with E-state index in [1.165, 1.54) is 0 Å². The van der Waals surface area contributed by atoms with Gasteiger partial charge in [-0.25, -0.2) is 4.79 Å². The van der Waals surface area contributed by atoms with Crippen LogP contribution in [0.4, 0.5) is 0 Å². The number of halogens is 1. The second kappa shape index (κ2) is 3.27. The van der Waals surface area contributed by atoms with Crippen LogP contribution in [0.1, 0.15) is 0 Å². The van der Waals surface area contributed by atoms with Crippen LogP contribution in [0.3, 0.4) is 0 Å². The Balaban J connectivity index is 2.48. The standard InChI is InChI=1S/C6H6ClNO2/c7-10-6(9)5-8-3-1-2-4-8/h1-4H,5H2. The van der Waals surface area contributed by atoms with E-state index < -0.39 is 5.97 Å². The van der Waals surface area contributed by atoms with E-state index in [1.54, 1.807) is 17.0 Å². The Kier molecular flexibility index (Phi) is 2.34. The average Bonchev–Trinajstić information content (AvgIpc) is 2.40. The second-order valence-electron chi connectivity index (χ2n) is 1.80. The number of hydrogen-bond acceptors (Lipinski definition) is 2. The summed E-state index contributed by atoms with van der Waals surface area (Å²) in [5.41, 5.74) is 0. The summed E-state index contributed by atoms with van der Waals surface area (Å²) >= 11 is 4.81. The maximum absolute atomic E-state index is 10.5. The predicted molar refractivity (Wildman–Crippen MR) is 36.4 cm³/mol. The second-order valence-corrected chi connectivity index (χ2v) is 1.96. The highest BCUT2D eigenvalue weighted by molar-refractivity contribution is 6.13. The van der Waals surface area contributed by atoms with Crippen molar-refractivity contribution in [1.29, 1.82) is 0 Å². The van der Waals surface area contributed by atoms with E-state index in [9.17, 15) is 4.79 Å². The van der Waals surface area contributed by atoms with Crippen LogP contribution < -0.4 is 0 Å². The van der Waals surface area contributed by atoms with Crippen molar-refractivity contribution in [3.05, 3.63) is 24.5 Å². The zero-order valence-corrected chi connectivity index (χ0v) is 5.91. The topological polar surface area (TPSA) is 31.2 Å². The van der Waals surface area contributed by atoms with Crippen molar-refractivity contribution in [2.75, 3.05) is 0 Å². The van der Waals surface area contributed by atoms with Crippen molar-refractivity contribution in [3.8, 4) is 0 Å². The van der Waals surface area contributed by atoms with Crippen LogP contribution in [-0.2, 0) is 15.6 Å². The third-order valence-corrected chi connectivity index (χ3v) is 1.24. The first kappa shape index (κ1) is 7.15. The molecule has 1 aromatic rings. The molecule has 0 spiro atoms. The Bertz CT molecular complexity index is 208. The summed E-state index contributed by atoms with van der Waals surface area (Å²) < 4.78 is 5.61. The fourth-order valence-electron chi connectivity index (χ4n) is 0.649. The van der Waals surface area contributed by atoms with Crippen LogP contribution in [-0.4, -0.2) is 10.5 Å². The number of hydrogen-bond donors (Lipinski definition) is 0. The van der Waals surface area contributed by atoms with Crippen LogP contribution in [0, 0.1) is 0 Å². The summed E-state index contributed by atoms with van der Waals surface area (Å²) in [6.07, 6.45) is 3.52. The molecule has 0 saturated carbocycles. The van der Waals surface area contributed by atoms with Gasteiger partial charge in [-0.1, -0.05) is 0 Å². The van der Waals surface area contributed by atoms with E-state index >= 15 is 0 Å². The Morgan fingerprint density at radius 1 is 1.50 bits per heavy atom. The van der Waals surface area contributed by atoms with Gasteiger partial charge < -0.3 is 8.86 Å². The number of rotatable bonds is 2. The van der Waals surface area contributed by atoms with Gasteiger partial charge in [0.05, 0.1) is 0 Å². The third kappa shape index (κ3) is 1.77. The Morgan fingerprint density at radius 2 is 2.10 bits per heavy atom. The third-order valence-electron chi connectivity index (χ3n) is 1.06. The minimum atomic E-state index is -0.460. The molecule has 0 aliphatic rings. The van der Waals surface area contributed by atoms with Crippen molar-refractivity contribution in [2.24, 2.45) is 0 Å². The number of carbonyl (C=O) groups is 1. The van der Waals surface area contributed by atoms with E-state index in [2.05, 4.69) is 4.29 Å². The molecule has 4 heteroatoms. The van der Waals surface area contributed by atoms with Crippen LogP contribution in [0.25, 0.3) is 0 Å². The summed E-state index contributed by atoms with van der Waals surface area (Å²) in [6, 6.07) is 3.64. The molecule has 1 heterocycles. The molecule has 54 valence electrons. The van der Waals surface area contributed by atoms with Crippen molar-refractivity contribution >= 4 is 17.8 Å². The lowest BCUT2D eigenvalue weighted by Gasteiger charge is -1.96. The molecule has 0 amide bonds. The Labute approximate surface area is 63.3 Å². The molecule has 1 aromatic heterocycles. The minimum Gasteiger partial charge on any atom is -0.346 e. The van der Waals surface area contributed by atoms with Gasteiger partial charge in [0.1, 0.15) is 18.4 Å². The van der Waals surface area contributed by atoms with Crippen molar-refractivity contribution in [3.63, 3.8) is 0 Å². The molecule has 0 aromatic carbocycles. The van der Waals surface area contributed by atoms with Crippen LogP contribution in [0.15, 0.2) is 24.5 Å². The molecule has 0 aliphatic heterocycles. The maximum atomic E-state index is 10.5. The van der Waals surface area contributed by atoms with Crippen molar-refractivity contribution < 1.29 is 9.08 Å². The van der Waals surface area contributed by atoms with Gasteiger partial charge in [-0.15, -0.1) is 0 Å². The molecule has 0 N–H and O–H groups in total. The summed E-state index contributed by atoms with van der Waals surface area (Å²) in [4.78, 5) is 10.5. The molecule has 10 heavy (non-hydrogen) atoms. The lowest BCUT2D eigenvalue weighted by Crippen LogP contribution is -2.07. The van der Waals surface area contributed by atoms with Gasteiger partial charge in [0.2, 0.25) is 0 Å². The lowest BCUT2D eigenvalue weighted by atomic mass is 10.6. The molecule has 0 aliphatic carbocycles. The molecule has 0 saturated heterocycles. The minimum absolute atomic E-state index is 0.163. The lowest BCUT2D eigenvalue weighted by molar-refractivity contribution is -0.134. The smallest absolute Gasteiger partial charge is 0.344 e. The fraction of sp³-hybridized carbons (Fsp3) is 0.167. The molecule has 1 rings (SSSR count). The van der Waals surface area contributed by atoms with E-state index in [4.69, 9.17) is 11.9 Å². The first-order valence-corrected chi connectivity index (χ1v) is 3.06. The summed E-state index contributed by atoms with van der Waals surface area (Å²) in [5, 5.41) is 0. The summed E-state index contributed by atoms with van der Waals surface area (Å²) in [5.74, 6) is -0.460. The van der Waals surface area contributed by atoms with E-state index in [0.717, 1.165) is 0 Å². The zero-order chi connectivity index (χ0) is 7.40. The molecular weight excluding hydrogens is 154 g/mol. The van der Waals surface area contributed by atoms with Crippen LogP contribution >= 0.6 is 11.9 Å². The van der Waals surface area contributed by atoms with Gasteiger partial charge >= 0.3 is 5.97 Å². The molecule has 0 fully saturated rings. The van der Waals surface area contributed by atoms with Gasteiger partial charge in [0, 0.05) is 12.4 Å². The van der Waals surface area contributed by atoms with E-state index in [1.807, 2.05) is 12.1 Å². The normalized spacial score (nSPS) is 9.30. The molecule has 0 unspecified atom stereocenters. The maximum Gasteiger partial charge on any atom is 0.344 e. The van der Waals surface area contributed by atoms with Crippen LogP contribution in [0.2, 0.25) is 0 Å². The summed E-state index contributed by atoms with van der Waals surface area (Å²) in [6.45, 7) is 0.163. The zero-order valence-electron chi connectivity index (χ0n) is 5.16. The monoisotopic (exact) mass is 159 g/mol. The number of aromatic nitrogens is 1. The van der Waals surface area contributed by atoms with Gasteiger partial charge in [0.25, 0.3) is 0 Å². The molecule has 3 nitrogen and oxygen atoms in total. The Morgan fingerprint density at radius 3 is 2.60 bits per heavy atom. The Hall–Kier alpha value is -0.960. The first-order chi connectivity index (χ1) is 4.83. The highest BCUT2D eigenvalue weighted by atomic mass is 35.5. The SMILES string of the molecule is O=C(Cn1cccc1)OCl. The van der Waals surface area contributed by atoms with Crippen LogP contribution in [0.5, 0.6) is 0 Å². The van der Waals surface area contributed by atoms with Gasteiger partial charge in [-0.3, -0.25) is 0 Å². The van der Waals surface area contributed by atoms with Gasteiger partial charge in [-0.05, 0) is 12.1 Å². The van der Waals surface area contributed by atoms with Crippen molar-refractivity contribution in [1.82, 2.24) is 4.57 Å².